The number of hydrogen-bond donors (Lipinski definition) is 1. The number of para-hydroxylation sites is 3. The Morgan fingerprint density at radius 3 is 1.90 bits per heavy atom. The maximum Gasteiger partial charge on any atom is 0.145 e. The zero-order chi connectivity index (χ0) is 34.8. The van der Waals surface area contributed by atoms with Crippen molar-refractivity contribution in [2.24, 2.45) is 4.99 Å². The van der Waals surface area contributed by atoms with E-state index in [1.165, 1.54) is 16.7 Å². The summed E-state index contributed by atoms with van der Waals surface area (Å²) in [7, 11) is 0. The molecule has 1 atom stereocenters. The molecule has 242 valence electrons. The maximum atomic E-state index is 10.6. The predicted octanol–water partition coefficient (Wildman–Crippen LogP) is 10.5. The topological polar surface area (TPSA) is 81.2 Å². The minimum Gasteiger partial charge on any atom is -0.457 e. The van der Waals surface area contributed by atoms with Gasteiger partial charge in [0, 0.05) is 22.3 Å². The zero-order valence-electron chi connectivity index (χ0n) is 27.8. The van der Waals surface area contributed by atoms with E-state index in [4.69, 9.17) is 9.73 Å². The lowest BCUT2D eigenvalue weighted by molar-refractivity contribution is 0.436. The van der Waals surface area contributed by atoms with Crippen LogP contribution in [0.4, 0.5) is 5.69 Å². The number of fused-ring (bicyclic) bond motifs is 10. The molecule has 5 nitrogen and oxygen atoms in total. The van der Waals surface area contributed by atoms with E-state index < -0.39 is 5.41 Å². The van der Waals surface area contributed by atoms with E-state index in [1.807, 2.05) is 78.9 Å². The van der Waals surface area contributed by atoms with Crippen LogP contribution in [-0.2, 0) is 5.41 Å². The first-order valence-electron chi connectivity index (χ1n) is 17.3. The Kier molecular flexibility index (Phi) is 6.52. The Balaban J connectivity index is 1.13. The molecular formula is C47H28N4O. The van der Waals surface area contributed by atoms with E-state index >= 15 is 0 Å². The van der Waals surface area contributed by atoms with Crippen LogP contribution in [0.3, 0.4) is 0 Å². The Bertz CT molecular complexity index is 2690. The second-order valence-electron chi connectivity index (χ2n) is 13.3. The molecule has 10 rings (SSSR count). The third kappa shape index (κ3) is 4.17. The highest BCUT2D eigenvalue weighted by Crippen LogP contribution is 2.62. The van der Waals surface area contributed by atoms with Crippen molar-refractivity contribution in [3.63, 3.8) is 0 Å². The summed E-state index contributed by atoms with van der Waals surface area (Å²) in [6.45, 7) is 0. The number of ether oxygens (including phenoxy) is 1. The van der Waals surface area contributed by atoms with E-state index in [9.17, 15) is 10.5 Å². The van der Waals surface area contributed by atoms with Crippen LogP contribution >= 0.6 is 0 Å². The van der Waals surface area contributed by atoms with Crippen molar-refractivity contribution in [3.8, 4) is 45.9 Å². The summed E-state index contributed by atoms with van der Waals surface area (Å²) in [6, 6.07) is 58.4. The van der Waals surface area contributed by atoms with Gasteiger partial charge in [0.15, 0.2) is 0 Å². The molecule has 0 fully saturated rings. The number of rotatable bonds is 3. The van der Waals surface area contributed by atoms with Gasteiger partial charge in [-0.05, 0) is 69.3 Å². The average Bonchev–Trinajstić information content (AvgIpc) is 3.50. The molecule has 0 bridgehead atoms. The van der Waals surface area contributed by atoms with Crippen molar-refractivity contribution in [2.45, 2.75) is 11.6 Å². The van der Waals surface area contributed by atoms with Gasteiger partial charge in [0.1, 0.15) is 23.7 Å². The highest BCUT2D eigenvalue weighted by atomic mass is 16.5. The zero-order valence-corrected chi connectivity index (χ0v) is 27.8. The number of nitrogens with zero attached hydrogens (tertiary/aromatic N) is 3. The molecule has 5 heteroatoms. The molecule has 2 heterocycles. The highest BCUT2D eigenvalue weighted by molar-refractivity contribution is 6.17. The van der Waals surface area contributed by atoms with Crippen LogP contribution in [0.2, 0.25) is 0 Å². The van der Waals surface area contributed by atoms with Gasteiger partial charge >= 0.3 is 0 Å². The standard InChI is InChI=1S/C47H28N4O/c48-27-32-13-10-15-36-44(50-46(51-45(32)36)29-11-2-1-3-12-29)31-21-23-34(33(25-31)28-49)30-22-24-39-37(26-30)35-14-4-5-16-38(35)47(39)40-17-6-8-19-42(40)52-43-20-9-7-18-41(43)47/h1-26,46,51H. The summed E-state index contributed by atoms with van der Waals surface area (Å²) in [4.78, 5) is 5.15. The predicted molar refractivity (Wildman–Crippen MR) is 204 cm³/mol. The summed E-state index contributed by atoms with van der Waals surface area (Å²) < 4.78 is 6.48. The Morgan fingerprint density at radius 1 is 0.519 bits per heavy atom. The van der Waals surface area contributed by atoms with Gasteiger partial charge in [-0.25, -0.2) is 0 Å². The molecule has 1 aliphatic carbocycles. The lowest BCUT2D eigenvalue weighted by Crippen LogP contribution is -2.32. The minimum absolute atomic E-state index is 0.382. The number of nitrogens with one attached hydrogen (secondary N) is 1. The molecule has 7 aromatic carbocycles. The van der Waals surface area contributed by atoms with Crippen molar-refractivity contribution in [3.05, 3.63) is 208 Å². The van der Waals surface area contributed by atoms with Crippen molar-refractivity contribution in [1.82, 2.24) is 0 Å². The molecule has 3 aliphatic rings. The number of anilines is 1. The molecule has 52 heavy (non-hydrogen) atoms. The quantitative estimate of drug-likeness (QED) is 0.204. The Morgan fingerprint density at radius 2 is 1.15 bits per heavy atom. The average molecular weight is 665 g/mol. The van der Waals surface area contributed by atoms with E-state index in [2.05, 4.69) is 96.3 Å². The van der Waals surface area contributed by atoms with E-state index in [0.29, 0.717) is 11.1 Å². The van der Waals surface area contributed by atoms with Gasteiger partial charge in [0.25, 0.3) is 0 Å². The van der Waals surface area contributed by atoms with E-state index in [-0.39, 0.29) is 6.17 Å². The fourth-order valence-electron chi connectivity index (χ4n) is 8.45. The first kappa shape index (κ1) is 29.7. The molecule has 0 radical (unpaired) electrons. The van der Waals surface area contributed by atoms with Gasteiger partial charge in [-0.1, -0.05) is 127 Å². The van der Waals surface area contributed by atoms with Gasteiger partial charge in [-0.15, -0.1) is 0 Å². The van der Waals surface area contributed by atoms with Crippen LogP contribution in [0, 0.1) is 22.7 Å². The second kappa shape index (κ2) is 11.4. The maximum absolute atomic E-state index is 10.6. The second-order valence-corrected chi connectivity index (χ2v) is 13.3. The fourth-order valence-corrected chi connectivity index (χ4v) is 8.45. The molecule has 1 spiro atoms. The van der Waals surface area contributed by atoms with Crippen molar-refractivity contribution >= 4 is 11.4 Å². The van der Waals surface area contributed by atoms with Crippen LogP contribution in [0.15, 0.2) is 163 Å². The molecule has 0 saturated carbocycles. The molecule has 1 N–H and O–H groups in total. The minimum atomic E-state index is -0.546. The van der Waals surface area contributed by atoms with Gasteiger partial charge in [-0.2, -0.15) is 10.5 Å². The third-order valence-corrected chi connectivity index (χ3v) is 10.7. The lowest BCUT2D eigenvalue weighted by atomic mass is 9.66. The summed E-state index contributed by atoms with van der Waals surface area (Å²) in [6.07, 6.45) is -0.382. The molecular weight excluding hydrogens is 637 g/mol. The number of benzene rings is 7. The first-order chi connectivity index (χ1) is 25.7. The number of hydrogen-bond acceptors (Lipinski definition) is 5. The molecule has 0 amide bonds. The number of aliphatic imine (C=N–C) groups is 1. The molecule has 0 aromatic heterocycles. The van der Waals surface area contributed by atoms with Crippen LogP contribution in [0.1, 0.15) is 56.2 Å². The van der Waals surface area contributed by atoms with Gasteiger partial charge in [-0.3, -0.25) is 4.99 Å². The van der Waals surface area contributed by atoms with Crippen LogP contribution in [0.25, 0.3) is 22.3 Å². The van der Waals surface area contributed by atoms with Crippen molar-refractivity contribution in [2.75, 3.05) is 5.32 Å². The largest absolute Gasteiger partial charge is 0.457 e. The van der Waals surface area contributed by atoms with Crippen LogP contribution in [0.5, 0.6) is 11.5 Å². The molecule has 0 saturated heterocycles. The Labute approximate surface area is 301 Å². The molecule has 2 aliphatic heterocycles. The van der Waals surface area contributed by atoms with Crippen LogP contribution in [-0.4, -0.2) is 5.71 Å². The monoisotopic (exact) mass is 664 g/mol. The van der Waals surface area contributed by atoms with Crippen molar-refractivity contribution < 1.29 is 4.74 Å². The van der Waals surface area contributed by atoms with Crippen LogP contribution < -0.4 is 10.1 Å². The smallest absolute Gasteiger partial charge is 0.145 e. The highest BCUT2D eigenvalue weighted by Gasteiger charge is 2.51. The lowest BCUT2D eigenvalue weighted by Gasteiger charge is -2.39. The normalized spacial score (nSPS) is 15.3. The SMILES string of the molecule is N#Cc1cc(C2=NC(c3ccccc3)Nc3c(C#N)cccc32)ccc1-c1ccc2c(c1)-c1ccccc1C21c2ccccc2Oc2ccccc21. The van der Waals surface area contributed by atoms with Gasteiger partial charge < -0.3 is 10.1 Å². The summed E-state index contributed by atoms with van der Waals surface area (Å²) in [5.74, 6) is 1.71. The van der Waals surface area contributed by atoms with E-state index in [1.54, 1.807) is 0 Å². The number of nitriles is 2. The van der Waals surface area contributed by atoms with Crippen molar-refractivity contribution in [1.29, 1.82) is 10.5 Å². The summed E-state index contributed by atoms with van der Waals surface area (Å²) in [5.41, 5.74) is 13.4. The third-order valence-electron chi connectivity index (χ3n) is 10.7. The Hall–Kier alpha value is -7.21. The summed E-state index contributed by atoms with van der Waals surface area (Å²) >= 11 is 0. The van der Waals surface area contributed by atoms with Gasteiger partial charge in [0.05, 0.1) is 34.0 Å². The molecule has 1 unspecified atom stereocenters. The first-order valence-corrected chi connectivity index (χ1v) is 17.3. The van der Waals surface area contributed by atoms with Gasteiger partial charge in [0.2, 0.25) is 0 Å². The fraction of sp³-hybridized carbons (Fsp3) is 0.0426. The molecule has 7 aromatic rings. The van der Waals surface area contributed by atoms with E-state index in [0.717, 1.165) is 67.4 Å². The summed E-state index contributed by atoms with van der Waals surface area (Å²) in [5, 5.41) is 24.1.